The van der Waals surface area contributed by atoms with E-state index < -0.39 is 0 Å². The Labute approximate surface area is 93.9 Å². The van der Waals surface area contributed by atoms with Crippen molar-refractivity contribution in [1.29, 1.82) is 5.26 Å². The molecule has 1 aromatic rings. The Hall–Kier alpha value is -0.810. The fourth-order valence-corrected chi connectivity index (χ4v) is 1.78. The second-order valence-electron chi connectivity index (χ2n) is 3.78. The summed E-state index contributed by atoms with van der Waals surface area (Å²) in [6.45, 7) is 4.18. The molecule has 0 radical (unpaired) electrons. The molecule has 0 amide bonds. The molecule has 0 aliphatic carbocycles. The maximum absolute atomic E-state index is 8.98. The molecule has 1 nitrogen and oxygen atoms in total. The summed E-state index contributed by atoms with van der Waals surface area (Å²) in [5.41, 5.74) is 1.22. The Kier molecular flexibility index (Phi) is 4.16. The quantitative estimate of drug-likeness (QED) is 0.802. The van der Waals surface area contributed by atoms with Crippen molar-refractivity contribution in [3.63, 3.8) is 0 Å². The molecule has 1 rings (SSSR count). The van der Waals surface area contributed by atoms with Crippen molar-refractivity contribution < 1.29 is 0 Å². The molecular weight excluding hydrogens is 238 g/mol. The van der Waals surface area contributed by atoms with Crippen LogP contribution in [-0.4, -0.2) is 0 Å². The number of nitriles is 1. The first-order chi connectivity index (χ1) is 6.65. The third kappa shape index (κ3) is 2.85. The largest absolute Gasteiger partial charge is 0.198 e. The molecule has 0 aliphatic heterocycles. The third-order valence-corrected chi connectivity index (χ3v) is 3.14. The van der Waals surface area contributed by atoms with E-state index in [0.717, 1.165) is 10.9 Å². The van der Waals surface area contributed by atoms with Gasteiger partial charge in [-0.05, 0) is 24.0 Å². The average Bonchev–Trinajstić information content (AvgIpc) is 2.16. The molecule has 0 saturated heterocycles. The lowest BCUT2D eigenvalue weighted by Crippen LogP contribution is -2.09. The molecule has 1 aromatic carbocycles. The molecule has 0 aliphatic rings. The molecule has 0 N–H and O–H groups in total. The van der Waals surface area contributed by atoms with Crippen LogP contribution >= 0.6 is 15.9 Å². The van der Waals surface area contributed by atoms with E-state index in [1.165, 1.54) is 5.56 Å². The highest BCUT2D eigenvalue weighted by Gasteiger charge is 2.13. The highest BCUT2D eigenvalue weighted by Crippen LogP contribution is 2.22. The molecule has 0 saturated carbocycles. The van der Waals surface area contributed by atoms with Crippen molar-refractivity contribution in [3.8, 4) is 6.07 Å². The lowest BCUT2D eigenvalue weighted by atomic mass is 9.91. The van der Waals surface area contributed by atoms with Gasteiger partial charge in [0.25, 0.3) is 0 Å². The summed E-state index contributed by atoms with van der Waals surface area (Å²) >= 11 is 3.49. The zero-order chi connectivity index (χ0) is 10.6. The van der Waals surface area contributed by atoms with E-state index in [1.54, 1.807) is 0 Å². The van der Waals surface area contributed by atoms with Crippen LogP contribution in [0.5, 0.6) is 0 Å². The molecule has 1 unspecified atom stereocenters. The van der Waals surface area contributed by atoms with Gasteiger partial charge in [-0.25, -0.2) is 0 Å². The van der Waals surface area contributed by atoms with Gasteiger partial charge in [0, 0.05) is 4.47 Å². The number of nitrogens with zero attached hydrogens (tertiary/aromatic N) is 1. The fraction of sp³-hybridized carbons (Fsp3) is 0.417. The van der Waals surface area contributed by atoms with E-state index in [0.29, 0.717) is 5.92 Å². The Balaban J connectivity index is 2.78. The summed E-state index contributed by atoms with van der Waals surface area (Å²) in [6.07, 6.45) is 0.829. The van der Waals surface area contributed by atoms with Crippen molar-refractivity contribution in [2.75, 3.05) is 0 Å². The standard InChI is InChI=1S/C12H14BrN/c1-9(2)11(8-14)7-10-5-3-4-6-12(10)13/h3-6,9,11H,7H2,1-2H3. The maximum Gasteiger partial charge on any atom is 0.0661 e. The van der Waals surface area contributed by atoms with Crippen LogP contribution in [0.1, 0.15) is 19.4 Å². The van der Waals surface area contributed by atoms with Crippen LogP contribution in [0.3, 0.4) is 0 Å². The van der Waals surface area contributed by atoms with Gasteiger partial charge in [0.1, 0.15) is 0 Å². The van der Waals surface area contributed by atoms with E-state index in [-0.39, 0.29) is 5.92 Å². The second kappa shape index (κ2) is 5.17. The lowest BCUT2D eigenvalue weighted by molar-refractivity contribution is 0.473. The molecule has 74 valence electrons. The van der Waals surface area contributed by atoms with Crippen LogP contribution < -0.4 is 0 Å². The topological polar surface area (TPSA) is 23.8 Å². The molecule has 14 heavy (non-hydrogen) atoms. The Bertz CT molecular complexity index is 338. The zero-order valence-electron chi connectivity index (χ0n) is 8.50. The number of halogens is 1. The highest BCUT2D eigenvalue weighted by molar-refractivity contribution is 9.10. The van der Waals surface area contributed by atoms with E-state index in [2.05, 4.69) is 41.9 Å². The van der Waals surface area contributed by atoms with Gasteiger partial charge in [-0.1, -0.05) is 48.0 Å². The average molecular weight is 252 g/mol. The predicted molar refractivity (Wildman–Crippen MR) is 61.8 cm³/mol. The third-order valence-electron chi connectivity index (χ3n) is 2.37. The fourth-order valence-electron chi connectivity index (χ4n) is 1.33. The van der Waals surface area contributed by atoms with Crippen LogP contribution in [0.15, 0.2) is 28.7 Å². The summed E-state index contributed by atoms with van der Waals surface area (Å²) in [4.78, 5) is 0. The normalized spacial score (nSPS) is 12.5. The Morgan fingerprint density at radius 1 is 1.36 bits per heavy atom. The maximum atomic E-state index is 8.98. The first-order valence-corrected chi connectivity index (χ1v) is 5.57. The van der Waals surface area contributed by atoms with Crippen molar-refractivity contribution in [3.05, 3.63) is 34.3 Å². The van der Waals surface area contributed by atoms with E-state index in [4.69, 9.17) is 5.26 Å². The van der Waals surface area contributed by atoms with Crippen LogP contribution in [-0.2, 0) is 6.42 Å². The highest BCUT2D eigenvalue weighted by atomic mass is 79.9. The zero-order valence-corrected chi connectivity index (χ0v) is 10.1. The number of hydrogen-bond acceptors (Lipinski definition) is 1. The number of hydrogen-bond donors (Lipinski definition) is 0. The summed E-state index contributed by atoms with van der Waals surface area (Å²) in [6, 6.07) is 10.4. The van der Waals surface area contributed by atoms with Gasteiger partial charge in [0.15, 0.2) is 0 Å². The van der Waals surface area contributed by atoms with Gasteiger partial charge >= 0.3 is 0 Å². The molecule has 1 atom stereocenters. The summed E-state index contributed by atoms with van der Waals surface area (Å²) in [7, 11) is 0. The molecule has 0 bridgehead atoms. The van der Waals surface area contributed by atoms with Crippen molar-refractivity contribution in [2.45, 2.75) is 20.3 Å². The first kappa shape index (κ1) is 11.3. The van der Waals surface area contributed by atoms with E-state index >= 15 is 0 Å². The summed E-state index contributed by atoms with van der Waals surface area (Å²) < 4.78 is 1.10. The van der Waals surface area contributed by atoms with Gasteiger partial charge in [-0.15, -0.1) is 0 Å². The number of rotatable bonds is 3. The van der Waals surface area contributed by atoms with Gasteiger partial charge in [-0.3, -0.25) is 0 Å². The minimum absolute atomic E-state index is 0.105. The minimum Gasteiger partial charge on any atom is -0.198 e. The molecule has 0 fully saturated rings. The van der Waals surface area contributed by atoms with Gasteiger partial charge in [-0.2, -0.15) is 5.26 Å². The van der Waals surface area contributed by atoms with Crippen LogP contribution in [0.25, 0.3) is 0 Å². The Morgan fingerprint density at radius 2 is 2.00 bits per heavy atom. The van der Waals surface area contributed by atoms with Crippen LogP contribution in [0.4, 0.5) is 0 Å². The molecule has 0 heterocycles. The molecule has 0 aromatic heterocycles. The van der Waals surface area contributed by atoms with Crippen LogP contribution in [0.2, 0.25) is 0 Å². The number of benzene rings is 1. The van der Waals surface area contributed by atoms with E-state index in [1.807, 2.05) is 18.2 Å². The van der Waals surface area contributed by atoms with Gasteiger partial charge in [0.2, 0.25) is 0 Å². The van der Waals surface area contributed by atoms with E-state index in [9.17, 15) is 0 Å². The van der Waals surface area contributed by atoms with Crippen molar-refractivity contribution in [2.24, 2.45) is 11.8 Å². The molecule has 2 heteroatoms. The summed E-state index contributed by atoms with van der Waals surface area (Å²) in [5, 5.41) is 8.98. The van der Waals surface area contributed by atoms with Crippen molar-refractivity contribution in [1.82, 2.24) is 0 Å². The first-order valence-electron chi connectivity index (χ1n) is 4.78. The van der Waals surface area contributed by atoms with Gasteiger partial charge < -0.3 is 0 Å². The van der Waals surface area contributed by atoms with Crippen LogP contribution in [0, 0.1) is 23.2 Å². The predicted octanol–water partition coefficient (Wildman–Crippen LogP) is 3.79. The molecule has 0 spiro atoms. The van der Waals surface area contributed by atoms with Gasteiger partial charge in [0.05, 0.1) is 12.0 Å². The molecular formula is C12H14BrN. The monoisotopic (exact) mass is 251 g/mol. The SMILES string of the molecule is CC(C)C(C#N)Cc1ccccc1Br. The van der Waals surface area contributed by atoms with Crippen molar-refractivity contribution >= 4 is 15.9 Å². The second-order valence-corrected chi connectivity index (χ2v) is 4.63. The lowest BCUT2D eigenvalue weighted by Gasteiger charge is -2.13. The minimum atomic E-state index is 0.105. The smallest absolute Gasteiger partial charge is 0.0661 e. The Morgan fingerprint density at radius 3 is 2.50 bits per heavy atom. The summed E-state index contributed by atoms with van der Waals surface area (Å²) in [5.74, 6) is 0.515.